The van der Waals surface area contributed by atoms with E-state index in [1.54, 1.807) is 24.3 Å². The minimum absolute atomic E-state index is 0. The Morgan fingerprint density at radius 1 is 1.11 bits per heavy atom. The van der Waals surface area contributed by atoms with Crippen molar-refractivity contribution in [2.75, 3.05) is 32.7 Å². The van der Waals surface area contributed by atoms with Crippen molar-refractivity contribution in [2.45, 2.75) is 44.4 Å². The van der Waals surface area contributed by atoms with Crippen molar-refractivity contribution in [3.63, 3.8) is 0 Å². The van der Waals surface area contributed by atoms with Crippen LogP contribution in [0, 0.1) is 5.92 Å². The molecule has 0 spiro atoms. The molecule has 1 aliphatic rings. The van der Waals surface area contributed by atoms with Crippen LogP contribution < -0.4 is 5.73 Å². The van der Waals surface area contributed by atoms with E-state index in [1.807, 2.05) is 18.7 Å². The number of likely N-dealkylation sites (tertiary alicyclic amines) is 1. The second kappa shape index (κ2) is 11.0. The normalized spacial score (nSPS) is 15.6. The average Bonchev–Trinajstić information content (AvgIpc) is 2.67. The number of carbonyl (C=O) groups is 1. The monoisotopic (exact) mass is 417 g/mol. The summed E-state index contributed by atoms with van der Waals surface area (Å²) in [7, 11) is -3.51. The van der Waals surface area contributed by atoms with Crippen LogP contribution in [0.25, 0.3) is 0 Å². The van der Waals surface area contributed by atoms with Gasteiger partial charge >= 0.3 is 0 Å². The topological polar surface area (TPSA) is 83.7 Å². The SMILES string of the molecule is CCCN(CCC)S(=O)(=O)c1ccc(C(=O)N2CCC(CN)CC2)cc1.Cl. The molecule has 0 bridgehead atoms. The fourth-order valence-corrected chi connectivity index (χ4v) is 4.95. The van der Waals surface area contributed by atoms with Gasteiger partial charge in [0.05, 0.1) is 4.90 Å². The van der Waals surface area contributed by atoms with Gasteiger partial charge in [0, 0.05) is 31.7 Å². The van der Waals surface area contributed by atoms with Gasteiger partial charge < -0.3 is 10.6 Å². The Morgan fingerprint density at radius 3 is 2.07 bits per heavy atom. The Hall–Kier alpha value is -1.15. The van der Waals surface area contributed by atoms with Crippen LogP contribution in [0.1, 0.15) is 49.9 Å². The molecule has 6 nitrogen and oxygen atoms in total. The summed E-state index contributed by atoms with van der Waals surface area (Å²) in [6, 6.07) is 6.35. The highest BCUT2D eigenvalue weighted by molar-refractivity contribution is 7.89. The number of amides is 1. The average molecular weight is 418 g/mol. The predicted molar refractivity (Wildman–Crippen MR) is 111 cm³/mol. The second-order valence-corrected chi connectivity index (χ2v) is 8.84. The number of benzene rings is 1. The zero-order valence-corrected chi connectivity index (χ0v) is 17.9. The summed E-state index contributed by atoms with van der Waals surface area (Å²) in [6.45, 7) is 7.03. The molecule has 27 heavy (non-hydrogen) atoms. The molecular formula is C19H32ClN3O3S. The maximum Gasteiger partial charge on any atom is 0.253 e. The Balaban J connectivity index is 0.00000364. The lowest BCUT2D eigenvalue weighted by atomic mass is 9.96. The lowest BCUT2D eigenvalue weighted by Gasteiger charge is -2.31. The zero-order valence-electron chi connectivity index (χ0n) is 16.3. The first-order valence-corrected chi connectivity index (χ1v) is 11.0. The molecule has 0 saturated carbocycles. The van der Waals surface area contributed by atoms with Gasteiger partial charge in [-0.2, -0.15) is 4.31 Å². The first-order valence-electron chi connectivity index (χ1n) is 9.53. The summed E-state index contributed by atoms with van der Waals surface area (Å²) in [5.74, 6) is 0.457. The minimum Gasteiger partial charge on any atom is -0.339 e. The number of hydrogen-bond acceptors (Lipinski definition) is 4. The van der Waals surface area contributed by atoms with Crippen molar-refractivity contribution in [3.05, 3.63) is 29.8 Å². The minimum atomic E-state index is -3.51. The summed E-state index contributed by atoms with van der Waals surface area (Å²) >= 11 is 0. The zero-order chi connectivity index (χ0) is 19.2. The number of hydrogen-bond donors (Lipinski definition) is 1. The van der Waals surface area contributed by atoms with Crippen molar-refractivity contribution >= 4 is 28.3 Å². The second-order valence-electron chi connectivity index (χ2n) is 6.90. The van der Waals surface area contributed by atoms with E-state index in [2.05, 4.69) is 0 Å². The standard InChI is InChI=1S/C19H31N3O3S.ClH/c1-3-11-22(12-4-2)26(24,25)18-7-5-17(6-8-18)19(23)21-13-9-16(15-20)10-14-21;/h5-8,16H,3-4,9-15,20H2,1-2H3;1H. The van der Waals surface area contributed by atoms with Gasteiger partial charge in [-0.05, 0) is 62.4 Å². The quantitative estimate of drug-likeness (QED) is 0.704. The van der Waals surface area contributed by atoms with E-state index in [0.717, 1.165) is 25.7 Å². The Morgan fingerprint density at radius 2 is 1.63 bits per heavy atom. The van der Waals surface area contributed by atoms with Gasteiger partial charge in [-0.1, -0.05) is 13.8 Å². The molecule has 0 unspecified atom stereocenters. The van der Waals surface area contributed by atoms with Gasteiger partial charge in [-0.15, -0.1) is 12.4 Å². The van der Waals surface area contributed by atoms with Gasteiger partial charge in [-0.3, -0.25) is 4.79 Å². The summed E-state index contributed by atoms with van der Waals surface area (Å²) in [6.07, 6.45) is 3.40. The number of halogens is 1. The maximum atomic E-state index is 12.8. The summed E-state index contributed by atoms with van der Waals surface area (Å²) in [5.41, 5.74) is 6.23. The van der Waals surface area contributed by atoms with E-state index < -0.39 is 10.0 Å². The Kier molecular flexibility index (Phi) is 9.73. The smallest absolute Gasteiger partial charge is 0.253 e. The van der Waals surface area contributed by atoms with Crippen molar-refractivity contribution < 1.29 is 13.2 Å². The molecule has 0 aliphatic carbocycles. The van der Waals surface area contributed by atoms with Gasteiger partial charge in [0.1, 0.15) is 0 Å². The van der Waals surface area contributed by atoms with Crippen LogP contribution in [0.5, 0.6) is 0 Å². The predicted octanol–water partition coefficient (Wildman–Crippen LogP) is 2.73. The largest absolute Gasteiger partial charge is 0.339 e. The number of carbonyl (C=O) groups excluding carboxylic acids is 1. The third-order valence-electron chi connectivity index (χ3n) is 4.92. The van der Waals surface area contributed by atoms with E-state index in [0.29, 0.717) is 44.2 Å². The van der Waals surface area contributed by atoms with Crippen molar-refractivity contribution in [2.24, 2.45) is 11.7 Å². The van der Waals surface area contributed by atoms with Crippen LogP contribution >= 0.6 is 12.4 Å². The van der Waals surface area contributed by atoms with Crippen LogP contribution in [0.4, 0.5) is 0 Å². The summed E-state index contributed by atoms with van der Waals surface area (Å²) in [5, 5.41) is 0. The molecule has 2 rings (SSSR count). The fraction of sp³-hybridized carbons (Fsp3) is 0.632. The highest BCUT2D eigenvalue weighted by Crippen LogP contribution is 2.21. The first-order chi connectivity index (χ1) is 12.4. The lowest BCUT2D eigenvalue weighted by Crippen LogP contribution is -2.40. The lowest BCUT2D eigenvalue weighted by molar-refractivity contribution is 0.0693. The van der Waals surface area contributed by atoms with E-state index in [1.165, 1.54) is 4.31 Å². The van der Waals surface area contributed by atoms with E-state index >= 15 is 0 Å². The molecule has 0 radical (unpaired) electrons. The molecule has 1 fully saturated rings. The summed E-state index contributed by atoms with van der Waals surface area (Å²) < 4.78 is 27.1. The molecule has 8 heteroatoms. The molecule has 1 aromatic carbocycles. The number of nitrogens with zero attached hydrogens (tertiary/aromatic N) is 2. The molecule has 1 saturated heterocycles. The van der Waals surface area contributed by atoms with Crippen molar-refractivity contribution in [1.82, 2.24) is 9.21 Å². The van der Waals surface area contributed by atoms with Crippen molar-refractivity contribution in [1.29, 1.82) is 0 Å². The van der Waals surface area contributed by atoms with Crippen LogP contribution in [0.3, 0.4) is 0 Å². The van der Waals surface area contributed by atoms with Gasteiger partial charge in [0.25, 0.3) is 5.91 Å². The van der Waals surface area contributed by atoms with Crippen LogP contribution in [-0.4, -0.2) is 56.3 Å². The fourth-order valence-electron chi connectivity index (χ4n) is 3.32. The van der Waals surface area contributed by atoms with E-state index in [9.17, 15) is 13.2 Å². The summed E-state index contributed by atoms with van der Waals surface area (Å²) in [4.78, 5) is 14.7. The third-order valence-corrected chi connectivity index (χ3v) is 6.83. The number of rotatable bonds is 8. The Labute approximate surface area is 169 Å². The highest BCUT2D eigenvalue weighted by Gasteiger charge is 2.25. The molecule has 2 N–H and O–H groups in total. The highest BCUT2D eigenvalue weighted by atomic mass is 35.5. The molecule has 154 valence electrons. The van der Waals surface area contributed by atoms with Gasteiger partial charge in [0.15, 0.2) is 0 Å². The molecule has 0 atom stereocenters. The molecule has 1 aliphatic heterocycles. The molecule has 1 amide bonds. The van der Waals surface area contributed by atoms with Gasteiger partial charge in [-0.25, -0.2) is 8.42 Å². The Bertz CT molecular complexity index is 681. The van der Waals surface area contributed by atoms with E-state index in [-0.39, 0.29) is 23.2 Å². The van der Waals surface area contributed by atoms with Crippen LogP contribution in [-0.2, 0) is 10.0 Å². The number of piperidine rings is 1. The molecule has 1 aromatic rings. The van der Waals surface area contributed by atoms with Crippen molar-refractivity contribution in [3.8, 4) is 0 Å². The van der Waals surface area contributed by atoms with Crippen LogP contribution in [0.15, 0.2) is 29.2 Å². The molecular weight excluding hydrogens is 386 g/mol. The molecule has 0 aromatic heterocycles. The van der Waals surface area contributed by atoms with Gasteiger partial charge in [0.2, 0.25) is 10.0 Å². The van der Waals surface area contributed by atoms with Crippen LogP contribution in [0.2, 0.25) is 0 Å². The number of sulfonamides is 1. The maximum absolute atomic E-state index is 12.8. The van der Waals surface area contributed by atoms with E-state index in [4.69, 9.17) is 5.73 Å². The first kappa shape index (κ1) is 23.9. The third kappa shape index (κ3) is 5.91. The number of nitrogens with two attached hydrogens (primary N) is 1. The molecule has 1 heterocycles.